The molecular formula is C15H18N2O2. The first-order valence-corrected chi connectivity index (χ1v) is 6.78. The molecule has 100 valence electrons. The highest BCUT2D eigenvalue weighted by atomic mass is 16.7. The van der Waals surface area contributed by atoms with Gasteiger partial charge in [0.25, 0.3) is 0 Å². The molecule has 0 bridgehead atoms. The van der Waals surface area contributed by atoms with Gasteiger partial charge >= 0.3 is 0 Å². The van der Waals surface area contributed by atoms with E-state index in [0.717, 1.165) is 25.9 Å². The maximum atomic E-state index is 8.81. The Kier molecular flexibility index (Phi) is 3.17. The largest absolute Gasteiger partial charge is 0.371 e. The SMILES string of the molecule is CC1COC2(CCN(c3ccc(C#N)cc3)CC2)O1. The monoisotopic (exact) mass is 258 g/mol. The minimum atomic E-state index is -0.345. The molecule has 0 N–H and O–H groups in total. The van der Waals surface area contributed by atoms with Crippen molar-refractivity contribution in [1.82, 2.24) is 0 Å². The summed E-state index contributed by atoms with van der Waals surface area (Å²) in [5, 5.41) is 8.81. The van der Waals surface area contributed by atoms with Crippen molar-refractivity contribution in [1.29, 1.82) is 5.26 Å². The summed E-state index contributed by atoms with van der Waals surface area (Å²) >= 11 is 0. The van der Waals surface area contributed by atoms with Crippen molar-refractivity contribution in [3.8, 4) is 6.07 Å². The van der Waals surface area contributed by atoms with E-state index in [-0.39, 0.29) is 11.9 Å². The molecule has 2 saturated heterocycles. The lowest BCUT2D eigenvalue weighted by molar-refractivity contribution is -0.178. The first-order valence-electron chi connectivity index (χ1n) is 6.78. The molecule has 2 aliphatic heterocycles. The van der Waals surface area contributed by atoms with Crippen molar-refractivity contribution in [2.75, 3.05) is 24.6 Å². The van der Waals surface area contributed by atoms with E-state index in [0.29, 0.717) is 12.2 Å². The summed E-state index contributed by atoms with van der Waals surface area (Å²) in [4.78, 5) is 2.32. The Bertz CT molecular complexity index is 484. The molecular weight excluding hydrogens is 240 g/mol. The molecule has 1 aromatic rings. The van der Waals surface area contributed by atoms with Gasteiger partial charge in [-0.25, -0.2) is 0 Å². The first-order chi connectivity index (χ1) is 9.21. The zero-order valence-corrected chi connectivity index (χ0v) is 11.1. The quantitative estimate of drug-likeness (QED) is 0.775. The molecule has 1 aromatic carbocycles. The third kappa shape index (κ3) is 2.44. The molecule has 19 heavy (non-hydrogen) atoms. The van der Waals surface area contributed by atoms with E-state index in [1.807, 2.05) is 24.3 Å². The van der Waals surface area contributed by atoms with Crippen LogP contribution in [0.1, 0.15) is 25.3 Å². The zero-order valence-electron chi connectivity index (χ0n) is 11.1. The Morgan fingerprint density at radius 3 is 2.47 bits per heavy atom. The van der Waals surface area contributed by atoms with Gasteiger partial charge in [0.15, 0.2) is 5.79 Å². The van der Waals surface area contributed by atoms with Crippen LogP contribution in [0.2, 0.25) is 0 Å². The normalized spacial score (nSPS) is 25.5. The second-order valence-corrected chi connectivity index (χ2v) is 5.30. The van der Waals surface area contributed by atoms with Gasteiger partial charge in [0.2, 0.25) is 0 Å². The third-order valence-electron chi connectivity index (χ3n) is 3.88. The molecule has 0 saturated carbocycles. The van der Waals surface area contributed by atoms with Crippen LogP contribution in [0.25, 0.3) is 0 Å². The number of piperidine rings is 1. The van der Waals surface area contributed by atoms with Gasteiger partial charge in [-0.15, -0.1) is 0 Å². The summed E-state index contributed by atoms with van der Waals surface area (Å²) in [6.07, 6.45) is 2.01. The Labute approximate surface area is 113 Å². The number of hydrogen-bond donors (Lipinski definition) is 0. The lowest BCUT2D eigenvalue weighted by Gasteiger charge is -2.39. The van der Waals surface area contributed by atoms with Crippen LogP contribution in [0.3, 0.4) is 0 Å². The molecule has 2 heterocycles. The summed E-state index contributed by atoms with van der Waals surface area (Å²) in [5.74, 6) is -0.345. The minimum absolute atomic E-state index is 0.210. The van der Waals surface area contributed by atoms with Crippen LogP contribution in [-0.4, -0.2) is 31.6 Å². The fourth-order valence-corrected chi connectivity index (χ4v) is 2.82. The van der Waals surface area contributed by atoms with Gasteiger partial charge in [0, 0.05) is 31.6 Å². The van der Waals surface area contributed by atoms with Gasteiger partial charge in [0.05, 0.1) is 24.3 Å². The van der Waals surface area contributed by atoms with E-state index >= 15 is 0 Å². The van der Waals surface area contributed by atoms with Gasteiger partial charge in [-0.05, 0) is 31.2 Å². The van der Waals surface area contributed by atoms with E-state index in [1.54, 1.807) is 0 Å². The summed E-state index contributed by atoms with van der Waals surface area (Å²) in [6, 6.07) is 9.89. The topological polar surface area (TPSA) is 45.5 Å². The van der Waals surface area contributed by atoms with Gasteiger partial charge in [0.1, 0.15) is 0 Å². The van der Waals surface area contributed by atoms with E-state index < -0.39 is 0 Å². The van der Waals surface area contributed by atoms with Crippen molar-refractivity contribution in [3.63, 3.8) is 0 Å². The average Bonchev–Trinajstić information content (AvgIpc) is 2.81. The summed E-state index contributed by atoms with van der Waals surface area (Å²) in [7, 11) is 0. The fraction of sp³-hybridized carbons (Fsp3) is 0.533. The molecule has 2 fully saturated rings. The van der Waals surface area contributed by atoms with E-state index in [1.165, 1.54) is 5.69 Å². The highest BCUT2D eigenvalue weighted by molar-refractivity contribution is 5.50. The highest BCUT2D eigenvalue weighted by Crippen LogP contribution is 2.35. The maximum Gasteiger partial charge on any atom is 0.172 e. The Hall–Kier alpha value is -1.57. The standard InChI is InChI=1S/C15H18N2O2/c1-12-11-18-15(19-12)6-8-17(9-7-15)14-4-2-13(10-16)3-5-14/h2-5,12H,6-9,11H2,1H3. The Morgan fingerprint density at radius 1 is 1.26 bits per heavy atom. The van der Waals surface area contributed by atoms with Gasteiger partial charge < -0.3 is 14.4 Å². The van der Waals surface area contributed by atoms with Crippen molar-refractivity contribution in [2.24, 2.45) is 0 Å². The van der Waals surface area contributed by atoms with Crippen molar-refractivity contribution < 1.29 is 9.47 Å². The van der Waals surface area contributed by atoms with Crippen molar-refractivity contribution >= 4 is 5.69 Å². The Balaban J connectivity index is 1.65. The molecule has 4 nitrogen and oxygen atoms in total. The molecule has 4 heteroatoms. The average molecular weight is 258 g/mol. The predicted molar refractivity (Wildman–Crippen MR) is 71.8 cm³/mol. The second-order valence-electron chi connectivity index (χ2n) is 5.30. The molecule has 0 radical (unpaired) electrons. The highest BCUT2D eigenvalue weighted by Gasteiger charge is 2.42. The van der Waals surface area contributed by atoms with Gasteiger partial charge in [-0.1, -0.05) is 0 Å². The van der Waals surface area contributed by atoms with Crippen LogP contribution in [0.5, 0.6) is 0 Å². The smallest absolute Gasteiger partial charge is 0.172 e. The van der Waals surface area contributed by atoms with Crippen molar-refractivity contribution in [3.05, 3.63) is 29.8 Å². The number of ether oxygens (including phenoxy) is 2. The van der Waals surface area contributed by atoms with Crippen LogP contribution in [0.15, 0.2) is 24.3 Å². The summed E-state index contributed by atoms with van der Waals surface area (Å²) < 4.78 is 11.7. The minimum Gasteiger partial charge on any atom is -0.371 e. The molecule has 1 unspecified atom stereocenters. The molecule has 3 rings (SSSR count). The molecule has 0 aliphatic carbocycles. The number of benzene rings is 1. The lowest BCUT2D eigenvalue weighted by atomic mass is 10.0. The first kappa shape index (κ1) is 12.5. The number of hydrogen-bond acceptors (Lipinski definition) is 4. The van der Waals surface area contributed by atoms with Crippen LogP contribution in [0.4, 0.5) is 5.69 Å². The van der Waals surface area contributed by atoms with Crippen LogP contribution < -0.4 is 4.90 Å². The van der Waals surface area contributed by atoms with Gasteiger partial charge in [-0.3, -0.25) is 0 Å². The molecule has 0 aromatic heterocycles. The molecule has 2 aliphatic rings. The van der Waals surface area contributed by atoms with Crippen LogP contribution >= 0.6 is 0 Å². The molecule has 1 atom stereocenters. The zero-order chi connectivity index (χ0) is 13.3. The molecule has 1 spiro atoms. The Morgan fingerprint density at radius 2 is 1.95 bits per heavy atom. The number of nitrogens with zero attached hydrogens (tertiary/aromatic N) is 2. The fourth-order valence-electron chi connectivity index (χ4n) is 2.82. The third-order valence-corrected chi connectivity index (χ3v) is 3.88. The molecule has 0 amide bonds. The summed E-state index contributed by atoms with van der Waals surface area (Å²) in [5.41, 5.74) is 1.87. The van der Waals surface area contributed by atoms with E-state index in [4.69, 9.17) is 14.7 Å². The van der Waals surface area contributed by atoms with E-state index in [9.17, 15) is 0 Å². The summed E-state index contributed by atoms with van der Waals surface area (Å²) in [6.45, 7) is 4.62. The van der Waals surface area contributed by atoms with Crippen LogP contribution in [-0.2, 0) is 9.47 Å². The maximum absolute atomic E-state index is 8.81. The predicted octanol–water partition coefficient (Wildman–Crippen LogP) is 2.29. The number of nitriles is 1. The van der Waals surface area contributed by atoms with Gasteiger partial charge in [-0.2, -0.15) is 5.26 Å². The second kappa shape index (κ2) is 4.84. The number of rotatable bonds is 1. The van der Waals surface area contributed by atoms with E-state index in [2.05, 4.69) is 17.9 Å². The van der Waals surface area contributed by atoms with Crippen LogP contribution in [0, 0.1) is 11.3 Å². The number of anilines is 1. The lowest BCUT2D eigenvalue weighted by Crippen LogP contribution is -2.45. The van der Waals surface area contributed by atoms with Crippen molar-refractivity contribution in [2.45, 2.75) is 31.7 Å².